The Morgan fingerprint density at radius 2 is 1.96 bits per heavy atom. The SMILES string of the molecule is CN=C(NCc1oc2ccc(F)cc2c1C)NCC(CO)c1ccccc1. The van der Waals surface area contributed by atoms with Crippen LogP contribution in [-0.2, 0) is 6.54 Å². The van der Waals surface area contributed by atoms with Gasteiger partial charge in [0.1, 0.15) is 17.2 Å². The minimum absolute atomic E-state index is 0.0272. The predicted molar refractivity (Wildman–Crippen MR) is 105 cm³/mol. The van der Waals surface area contributed by atoms with Gasteiger partial charge in [0.05, 0.1) is 13.2 Å². The van der Waals surface area contributed by atoms with Crippen molar-refractivity contribution >= 4 is 16.9 Å². The van der Waals surface area contributed by atoms with Crippen molar-refractivity contribution in [2.24, 2.45) is 4.99 Å². The van der Waals surface area contributed by atoms with E-state index in [9.17, 15) is 9.50 Å². The van der Waals surface area contributed by atoms with E-state index in [0.29, 0.717) is 24.6 Å². The standard InChI is InChI=1S/C21H24FN3O2/c1-14-18-10-17(22)8-9-19(18)27-20(14)12-25-21(23-2)24-11-16(13-26)15-6-4-3-5-7-15/h3-10,16,26H,11-13H2,1-2H3,(H2,23,24,25). The summed E-state index contributed by atoms with van der Waals surface area (Å²) in [4.78, 5) is 4.21. The summed E-state index contributed by atoms with van der Waals surface area (Å²) in [5.41, 5.74) is 2.64. The monoisotopic (exact) mass is 369 g/mol. The van der Waals surface area contributed by atoms with E-state index in [0.717, 1.165) is 22.3 Å². The van der Waals surface area contributed by atoms with Crippen LogP contribution in [0.2, 0.25) is 0 Å². The lowest BCUT2D eigenvalue weighted by atomic mass is 10.0. The average molecular weight is 369 g/mol. The third-order valence-corrected chi connectivity index (χ3v) is 4.64. The second-order valence-electron chi connectivity index (χ2n) is 6.39. The summed E-state index contributed by atoms with van der Waals surface area (Å²) >= 11 is 0. The number of hydrogen-bond acceptors (Lipinski definition) is 3. The van der Waals surface area contributed by atoms with Crippen LogP contribution in [0.1, 0.15) is 22.8 Å². The van der Waals surface area contributed by atoms with Crippen molar-refractivity contribution in [3.8, 4) is 0 Å². The highest BCUT2D eigenvalue weighted by Crippen LogP contribution is 2.25. The van der Waals surface area contributed by atoms with E-state index >= 15 is 0 Å². The Bertz CT molecular complexity index is 922. The summed E-state index contributed by atoms with van der Waals surface area (Å²) in [6.45, 7) is 2.93. The maximum absolute atomic E-state index is 13.4. The van der Waals surface area contributed by atoms with Gasteiger partial charge in [0.15, 0.2) is 5.96 Å². The Labute approximate surface area is 157 Å². The number of guanidine groups is 1. The molecule has 0 aliphatic carbocycles. The van der Waals surface area contributed by atoms with E-state index in [1.807, 2.05) is 37.3 Å². The van der Waals surface area contributed by atoms with Gasteiger partial charge in [-0.1, -0.05) is 30.3 Å². The van der Waals surface area contributed by atoms with Gasteiger partial charge in [0.25, 0.3) is 0 Å². The number of nitrogens with zero attached hydrogens (tertiary/aromatic N) is 1. The first kappa shape index (κ1) is 18.9. The van der Waals surface area contributed by atoms with Crippen molar-refractivity contribution in [1.29, 1.82) is 0 Å². The molecule has 0 aliphatic rings. The van der Waals surface area contributed by atoms with Gasteiger partial charge in [-0.05, 0) is 30.7 Å². The first-order chi connectivity index (χ1) is 13.1. The first-order valence-corrected chi connectivity index (χ1v) is 8.90. The van der Waals surface area contributed by atoms with Crippen LogP contribution in [-0.4, -0.2) is 31.3 Å². The molecule has 1 atom stereocenters. The van der Waals surface area contributed by atoms with Crippen LogP contribution < -0.4 is 10.6 Å². The minimum Gasteiger partial charge on any atom is -0.459 e. The molecule has 1 heterocycles. The van der Waals surface area contributed by atoms with Crippen LogP contribution in [0, 0.1) is 12.7 Å². The molecule has 0 spiro atoms. The lowest BCUT2D eigenvalue weighted by Gasteiger charge is -2.18. The molecule has 3 rings (SSSR count). The number of halogens is 1. The van der Waals surface area contributed by atoms with Crippen molar-refractivity contribution in [2.45, 2.75) is 19.4 Å². The molecule has 3 aromatic rings. The largest absolute Gasteiger partial charge is 0.459 e. The quantitative estimate of drug-likeness (QED) is 0.461. The molecule has 2 aromatic carbocycles. The number of nitrogens with one attached hydrogen (secondary N) is 2. The average Bonchev–Trinajstić information content (AvgIpc) is 3.01. The zero-order valence-corrected chi connectivity index (χ0v) is 15.5. The predicted octanol–water partition coefficient (Wildman–Crippen LogP) is 3.32. The van der Waals surface area contributed by atoms with Crippen LogP contribution in [0.4, 0.5) is 4.39 Å². The van der Waals surface area contributed by atoms with Gasteiger partial charge in [-0.3, -0.25) is 4.99 Å². The van der Waals surface area contributed by atoms with E-state index in [-0.39, 0.29) is 18.3 Å². The molecule has 0 saturated heterocycles. The molecule has 0 radical (unpaired) electrons. The zero-order valence-electron chi connectivity index (χ0n) is 15.5. The topological polar surface area (TPSA) is 69.8 Å². The molecule has 0 amide bonds. The van der Waals surface area contributed by atoms with E-state index < -0.39 is 0 Å². The Morgan fingerprint density at radius 1 is 1.19 bits per heavy atom. The summed E-state index contributed by atoms with van der Waals surface area (Å²) in [6, 6.07) is 14.4. The number of aliphatic hydroxyl groups is 1. The molecule has 3 N–H and O–H groups in total. The molecular weight excluding hydrogens is 345 g/mol. The number of aryl methyl sites for hydroxylation is 1. The number of hydrogen-bond donors (Lipinski definition) is 3. The van der Waals surface area contributed by atoms with Gasteiger partial charge >= 0.3 is 0 Å². The van der Waals surface area contributed by atoms with Crippen molar-refractivity contribution in [1.82, 2.24) is 10.6 Å². The van der Waals surface area contributed by atoms with E-state index in [4.69, 9.17) is 4.42 Å². The van der Waals surface area contributed by atoms with Gasteiger partial charge in [-0.25, -0.2) is 4.39 Å². The summed E-state index contributed by atoms with van der Waals surface area (Å²) < 4.78 is 19.3. The van der Waals surface area contributed by atoms with Crippen LogP contribution in [0.3, 0.4) is 0 Å². The Balaban J connectivity index is 1.62. The molecule has 5 nitrogen and oxygen atoms in total. The molecule has 0 aliphatic heterocycles. The molecule has 6 heteroatoms. The third-order valence-electron chi connectivity index (χ3n) is 4.64. The Hall–Kier alpha value is -2.86. The molecule has 142 valence electrons. The number of aliphatic imine (C=N–C) groups is 1. The van der Waals surface area contributed by atoms with Crippen LogP contribution >= 0.6 is 0 Å². The van der Waals surface area contributed by atoms with Crippen LogP contribution in [0.15, 0.2) is 57.9 Å². The van der Waals surface area contributed by atoms with Crippen LogP contribution in [0.25, 0.3) is 11.0 Å². The van der Waals surface area contributed by atoms with Gasteiger partial charge in [-0.15, -0.1) is 0 Å². The lowest BCUT2D eigenvalue weighted by molar-refractivity contribution is 0.265. The number of fused-ring (bicyclic) bond motifs is 1. The fraction of sp³-hybridized carbons (Fsp3) is 0.286. The van der Waals surface area contributed by atoms with Crippen LogP contribution in [0.5, 0.6) is 0 Å². The smallest absolute Gasteiger partial charge is 0.191 e. The molecule has 0 fully saturated rings. The molecule has 1 aromatic heterocycles. The summed E-state index contributed by atoms with van der Waals surface area (Å²) in [7, 11) is 1.69. The highest BCUT2D eigenvalue weighted by atomic mass is 19.1. The van der Waals surface area contributed by atoms with Gasteiger partial charge in [-0.2, -0.15) is 0 Å². The van der Waals surface area contributed by atoms with E-state index in [1.54, 1.807) is 13.1 Å². The highest BCUT2D eigenvalue weighted by molar-refractivity contribution is 5.83. The van der Waals surface area contributed by atoms with Crippen molar-refractivity contribution in [2.75, 3.05) is 20.2 Å². The molecule has 0 bridgehead atoms. The number of aliphatic hydroxyl groups excluding tert-OH is 1. The highest BCUT2D eigenvalue weighted by Gasteiger charge is 2.13. The van der Waals surface area contributed by atoms with Gasteiger partial charge < -0.3 is 20.2 Å². The lowest BCUT2D eigenvalue weighted by Crippen LogP contribution is -2.39. The maximum Gasteiger partial charge on any atom is 0.191 e. The fourth-order valence-electron chi connectivity index (χ4n) is 3.03. The van der Waals surface area contributed by atoms with E-state index in [2.05, 4.69) is 15.6 Å². The van der Waals surface area contributed by atoms with Crippen molar-refractivity contribution in [3.05, 3.63) is 71.2 Å². The zero-order chi connectivity index (χ0) is 19.2. The fourth-order valence-corrected chi connectivity index (χ4v) is 3.03. The van der Waals surface area contributed by atoms with Gasteiger partial charge in [0, 0.05) is 30.5 Å². The Kier molecular flexibility index (Phi) is 6.08. The maximum atomic E-state index is 13.4. The Morgan fingerprint density at radius 3 is 2.67 bits per heavy atom. The molecule has 0 saturated carbocycles. The second-order valence-corrected chi connectivity index (χ2v) is 6.39. The second kappa shape index (κ2) is 8.68. The van der Waals surface area contributed by atoms with E-state index in [1.165, 1.54) is 12.1 Å². The minimum atomic E-state index is -0.278. The number of furan rings is 1. The first-order valence-electron chi connectivity index (χ1n) is 8.90. The number of rotatable bonds is 6. The van der Waals surface area contributed by atoms with Gasteiger partial charge in [0.2, 0.25) is 0 Å². The number of benzene rings is 2. The molecule has 27 heavy (non-hydrogen) atoms. The summed E-state index contributed by atoms with van der Waals surface area (Å²) in [6.07, 6.45) is 0. The molecular formula is C21H24FN3O2. The van der Waals surface area contributed by atoms with Crippen molar-refractivity contribution < 1.29 is 13.9 Å². The molecule has 1 unspecified atom stereocenters. The summed E-state index contributed by atoms with van der Waals surface area (Å²) in [5.74, 6) is 1.04. The van der Waals surface area contributed by atoms with Crippen molar-refractivity contribution in [3.63, 3.8) is 0 Å². The normalized spacial score (nSPS) is 13.0. The third kappa shape index (κ3) is 4.46. The summed E-state index contributed by atoms with van der Waals surface area (Å²) in [5, 5.41) is 16.9.